The van der Waals surface area contributed by atoms with Crippen molar-refractivity contribution in [1.29, 1.82) is 0 Å². The van der Waals surface area contributed by atoms with Crippen LogP contribution in [0.4, 0.5) is 0 Å². The number of amides is 1. The summed E-state index contributed by atoms with van der Waals surface area (Å²) in [5.41, 5.74) is 7.34. The number of primary amides is 1. The van der Waals surface area contributed by atoms with Crippen molar-refractivity contribution in [2.75, 3.05) is 6.54 Å². The van der Waals surface area contributed by atoms with Crippen LogP contribution in [-0.2, 0) is 11.3 Å². The van der Waals surface area contributed by atoms with E-state index in [9.17, 15) is 4.79 Å². The van der Waals surface area contributed by atoms with E-state index in [1.807, 2.05) is 18.5 Å². The Balaban J connectivity index is 2.26. The van der Waals surface area contributed by atoms with Crippen molar-refractivity contribution in [3.8, 4) is 0 Å². The predicted octanol–water partition coefficient (Wildman–Crippen LogP) is 0.353. The summed E-state index contributed by atoms with van der Waals surface area (Å²) in [5.74, 6) is -0.314. The molecule has 1 aromatic heterocycles. The summed E-state index contributed by atoms with van der Waals surface area (Å²) in [5, 5.41) is 7.42. The number of rotatable bonds is 6. The third kappa shape index (κ3) is 3.66. The highest BCUT2D eigenvalue weighted by atomic mass is 16.1. The van der Waals surface area contributed by atoms with Gasteiger partial charge >= 0.3 is 0 Å². The van der Waals surface area contributed by atoms with Crippen LogP contribution in [-0.4, -0.2) is 28.3 Å². The van der Waals surface area contributed by atoms with E-state index in [-0.39, 0.29) is 11.9 Å². The minimum atomic E-state index is -0.314. The van der Waals surface area contributed by atoms with Crippen molar-refractivity contribution in [2.24, 2.45) is 5.73 Å². The number of carbonyl (C=O) groups excluding carboxylic acids is 1. The van der Waals surface area contributed by atoms with Gasteiger partial charge in [0.25, 0.3) is 0 Å². The predicted molar refractivity (Wildman–Crippen MR) is 63.0 cm³/mol. The van der Waals surface area contributed by atoms with E-state index >= 15 is 0 Å². The standard InChI is InChI=1S/C11H20N4O/c1-8-7-9(2)15(14-8)6-4-5-13-10(3)11(12)16/h7,10,13H,4-6H2,1-3H3,(H2,12,16). The van der Waals surface area contributed by atoms with Gasteiger partial charge in [-0.3, -0.25) is 9.48 Å². The molecule has 0 radical (unpaired) electrons. The molecule has 0 spiro atoms. The molecule has 1 atom stereocenters. The maximum Gasteiger partial charge on any atom is 0.234 e. The van der Waals surface area contributed by atoms with Crippen LogP contribution in [0.5, 0.6) is 0 Å². The van der Waals surface area contributed by atoms with E-state index in [1.165, 1.54) is 5.69 Å². The fourth-order valence-corrected chi connectivity index (χ4v) is 1.55. The van der Waals surface area contributed by atoms with Crippen LogP contribution in [0.25, 0.3) is 0 Å². The van der Waals surface area contributed by atoms with Crippen molar-refractivity contribution in [1.82, 2.24) is 15.1 Å². The molecule has 5 nitrogen and oxygen atoms in total. The Morgan fingerprint density at radius 1 is 1.62 bits per heavy atom. The minimum Gasteiger partial charge on any atom is -0.368 e. The molecule has 0 aliphatic rings. The van der Waals surface area contributed by atoms with Gasteiger partial charge in [-0.15, -0.1) is 0 Å². The second-order valence-corrected chi connectivity index (χ2v) is 4.08. The van der Waals surface area contributed by atoms with Crippen molar-refractivity contribution < 1.29 is 4.79 Å². The van der Waals surface area contributed by atoms with Crippen LogP contribution in [0.2, 0.25) is 0 Å². The molecule has 0 aliphatic carbocycles. The van der Waals surface area contributed by atoms with Crippen LogP contribution in [0.3, 0.4) is 0 Å². The van der Waals surface area contributed by atoms with Crippen molar-refractivity contribution in [3.63, 3.8) is 0 Å². The Hall–Kier alpha value is -1.36. The molecule has 1 heterocycles. The highest BCUT2D eigenvalue weighted by molar-refractivity contribution is 5.79. The molecular formula is C11H20N4O. The van der Waals surface area contributed by atoms with Crippen LogP contribution in [0, 0.1) is 13.8 Å². The molecule has 5 heteroatoms. The molecule has 3 N–H and O–H groups in total. The summed E-state index contributed by atoms with van der Waals surface area (Å²) in [6, 6.07) is 1.79. The zero-order valence-corrected chi connectivity index (χ0v) is 10.2. The van der Waals surface area contributed by atoms with Crippen LogP contribution < -0.4 is 11.1 Å². The van der Waals surface area contributed by atoms with Gasteiger partial charge in [-0.2, -0.15) is 5.10 Å². The first-order chi connectivity index (χ1) is 7.50. The molecule has 0 bridgehead atoms. The van der Waals surface area contributed by atoms with E-state index in [0.29, 0.717) is 0 Å². The van der Waals surface area contributed by atoms with Gasteiger partial charge in [0.2, 0.25) is 5.91 Å². The lowest BCUT2D eigenvalue weighted by atomic mass is 10.3. The molecule has 0 saturated heterocycles. The van der Waals surface area contributed by atoms with Gasteiger partial charge < -0.3 is 11.1 Å². The number of aromatic nitrogens is 2. The summed E-state index contributed by atoms with van der Waals surface area (Å²) < 4.78 is 1.98. The third-order valence-corrected chi connectivity index (χ3v) is 2.53. The molecule has 0 aromatic carbocycles. The second kappa shape index (κ2) is 5.65. The number of nitrogens with two attached hydrogens (primary N) is 1. The van der Waals surface area contributed by atoms with Crippen molar-refractivity contribution >= 4 is 5.91 Å². The third-order valence-electron chi connectivity index (χ3n) is 2.53. The Morgan fingerprint density at radius 3 is 2.81 bits per heavy atom. The lowest BCUT2D eigenvalue weighted by Gasteiger charge is -2.10. The quantitative estimate of drug-likeness (QED) is 0.685. The smallest absolute Gasteiger partial charge is 0.234 e. The maximum atomic E-state index is 10.8. The molecule has 0 aliphatic heterocycles. The Morgan fingerprint density at radius 2 is 2.31 bits per heavy atom. The van der Waals surface area contributed by atoms with E-state index < -0.39 is 0 Å². The minimum absolute atomic E-state index is 0.263. The molecule has 1 rings (SSSR count). The van der Waals surface area contributed by atoms with Gasteiger partial charge in [-0.25, -0.2) is 0 Å². The first-order valence-corrected chi connectivity index (χ1v) is 5.54. The molecule has 1 aromatic rings. The van der Waals surface area contributed by atoms with Crippen molar-refractivity contribution in [2.45, 2.75) is 39.8 Å². The first kappa shape index (κ1) is 12.7. The highest BCUT2D eigenvalue weighted by Crippen LogP contribution is 2.02. The van der Waals surface area contributed by atoms with Gasteiger partial charge in [-0.05, 0) is 39.8 Å². The van der Waals surface area contributed by atoms with Gasteiger partial charge in [-0.1, -0.05) is 0 Å². The zero-order valence-electron chi connectivity index (χ0n) is 10.2. The lowest BCUT2D eigenvalue weighted by molar-refractivity contribution is -0.119. The molecule has 1 unspecified atom stereocenters. The normalized spacial score (nSPS) is 12.7. The number of nitrogens with zero attached hydrogens (tertiary/aromatic N) is 2. The van der Waals surface area contributed by atoms with Gasteiger partial charge in [0, 0.05) is 12.2 Å². The Labute approximate surface area is 96.0 Å². The molecule has 0 saturated carbocycles. The van der Waals surface area contributed by atoms with E-state index in [0.717, 1.165) is 25.2 Å². The fraction of sp³-hybridized carbons (Fsp3) is 0.636. The summed E-state index contributed by atoms with van der Waals surface area (Å²) in [4.78, 5) is 10.8. The Bertz CT molecular complexity index is 359. The Kier molecular flexibility index (Phi) is 4.49. The monoisotopic (exact) mass is 224 g/mol. The number of aryl methyl sites for hydroxylation is 3. The summed E-state index contributed by atoms with van der Waals surface area (Å²) in [6.07, 6.45) is 0.930. The SMILES string of the molecule is Cc1cc(C)n(CCCNC(C)C(N)=O)n1. The molecule has 0 fully saturated rings. The number of hydrogen-bond acceptors (Lipinski definition) is 3. The van der Waals surface area contributed by atoms with Crippen LogP contribution in [0.1, 0.15) is 24.7 Å². The lowest BCUT2D eigenvalue weighted by Crippen LogP contribution is -2.39. The van der Waals surface area contributed by atoms with Gasteiger partial charge in [0.15, 0.2) is 0 Å². The second-order valence-electron chi connectivity index (χ2n) is 4.08. The fourth-order valence-electron chi connectivity index (χ4n) is 1.55. The van der Waals surface area contributed by atoms with E-state index in [1.54, 1.807) is 6.92 Å². The largest absolute Gasteiger partial charge is 0.368 e. The average Bonchev–Trinajstić information content (AvgIpc) is 2.51. The highest BCUT2D eigenvalue weighted by Gasteiger charge is 2.06. The van der Waals surface area contributed by atoms with Gasteiger partial charge in [0.05, 0.1) is 11.7 Å². The summed E-state index contributed by atoms with van der Waals surface area (Å²) in [6.45, 7) is 7.42. The first-order valence-electron chi connectivity index (χ1n) is 5.54. The topological polar surface area (TPSA) is 72.9 Å². The zero-order chi connectivity index (χ0) is 12.1. The average molecular weight is 224 g/mol. The number of hydrogen-bond donors (Lipinski definition) is 2. The van der Waals surface area contributed by atoms with Crippen LogP contribution >= 0.6 is 0 Å². The number of nitrogens with one attached hydrogen (secondary N) is 1. The molecule has 16 heavy (non-hydrogen) atoms. The summed E-state index contributed by atoms with van der Waals surface area (Å²) >= 11 is 0. The number of carbonyl (C=O) groups is 1. The maximum absolute atomic E-state index is 10.8. The molecular weight excluding hydrogens is 204 g/mol. The summed E-state index contributed by atoms with van der Waals surface area (Å²) in [7, 11) is 0. The van der Waals surface area contributed by atoms with Crippen molar-refractivity contribution in [3.05, 3.63) is 17.5 Å². The van der Waals surface area contributed by atoms with Gasteiger partial charge in [0.1, 0.15) is 0 Å². The molecule has 90 valence electrons. The van der Waals surface area contributed by atoms with E-state index in [2.05, 4.69) is 16.5 Å². The van der Waals surface area contributed by atoms with E-state index in [4.69, 9.17) is 5.73 Å². The van der Waals surface area contributed by atoms with Crippen LogP contribution in [0.15, 0.2) is 6.07 Å². The molecule has 1 amide bonds.